The van der Waals surface area contributed by atoms with E-state index in [2.05, 4.69) is 110 Å². The summed E-state index contributed by atoms with van der Waals surface area (Å²) in [7, 11) is 3.82. The van der Waals surface area contributed by atoms with Gasteiger partial charge in [0.2, 0.25) is 0 Å². The van der Waals surface area contributed by atoms with Gasteiger partial charge in [0, 0.05) is 0 Å². The molecule has 1 atom stereocenters. The van der Waals surface area contributed by atoms with Crippen LogP contribution in [0.2, 0.25) is 0 Å². The van der Waals surface area contributed by atoms with E-state index in [1.165, 1.54) is 38.2 Å². The lowest BCUT2D eigenvalue weighted by Gasteiger charge is -2.29. The highest BCUT2D eigenvalue weighted by Crippen LogP contribution is 2.50. The van der Waals surface area contributed by atoms with Crippen molar-refractivity contribution in [3.63, 3.8) is 0 Å². The van der Waals surface area contributed by atoms with E-state index in [0.717, 1.165) is 6.42 Å². The van der Waals surface area contributed by atoms with Gasteiger partial charge in [0.1, 0.15) is 0 Å². The average molecular weight is 381 g/mol. The quantitative estimate of drug-likeness (QED) is 0.588. The molecule has 0 N–H and O–H groups in total. The lowest BCUT2D eigenvalue weighted by Crippen LogP contribution is -2.29. The number of hydrogen-bond acceptors (Lipinski definition) is 1. The first-order valence-electron chi connectivity index (χ1n) is 9.85. The molecular weight excluding hydrogens is 357 g/mol. The fraction of sp³-hybridized carbons (Fsp3) is 0.154. The molecule has 0 saturated carbocycles. The maximum absolute atomic E-state index is 2.38. The highest BCUT2D eigenvalue weighted by Gasteiger charge is 2.36. The Morgan fingerprint density at radius 1 is 0.786 bits per heavy atom. The van der Waals surface area contributed by atoms with Gasteiger partial charge in [-0.1, -0.05) is 91.0 Å². The van der Waals surface area contributed by atoms with E-state index in [9.17, 15) is 0 Å². The first kappa shape index (κ1) is 17.6. The smallest absolute Gasteiger partial charge is 0.0612 e. The summed E-state index contributed by atoms with van der Waals surface area (Å²) in [4.78, 5) is 2.38. The van der Waals surface area contributed by atoms with Crippen molar-refractivity contribution in [1.82, 2.24) is 4.90 Å². The van der Waals surface area contributed by atoms with Crippen molar-refractivity contribution in [1.29, 1.82) is 0 Å². The number of hydrogen-bond donors (Lipinski definition) is 0. The lowest BCUT2D eigenvalue weighted by molar-refractivity contribution is 0.347. The zero-order valence-corrected chi connectivity index (χ0v) is 17.2. The van der Waals surface area contributed by atoms with Crippen LogP contribution < -0.4 is 15.9 Å². The summed E-state index contributed by atoms with van der Waals surface area (Å²) < 4.78 is 0. The monoisotopic (exact) mass is 381 g/mol. The van der Waals surface area contributed by atoms with Crippen LogP contribution in [0.25, 0.3) is 5.57 Å². The highest BCUT2D eigenvalue weighted by atomic mass is 31.1. The maximum atomic E-state index is 2.38. The van der Waals surface area contributed by atoms with Crippen LogP contribution in [0.5, 0.6) is 0 Å². The Morgan fingerprint density at radius 3 is 2.04 bits per heavy atom. The van der Waals surface area contributed by atoms with Gasteiger partial charge in [-0.3, -0.25) is 4.90 Å². The Hall–Kier alpha value is -2.47. The van der Waals surface area contributed by atoms with Gasteiger partial charge in [0.05, 0.1) is 6.04 Å². The summed E-state index contributed by atoms with van der Waals surface area (Å²) in [6.07, 6.45) is 5.72. The lowest BCUT2D eigenvalue weighted by atomic mass is 10.0. The highest BCUT2D eigenvalue weighted by molar-refractivity contribution is 7.79. The Kier molecular flexibility index (Phi) is 4.51. The van der Waals surface area contributed by atoms with Crippen LogP contribution in [0.4, 0.5) is 0 Å². The third-order valence-corrected chi connectivity index (χ3v) is 8.23. The second kappa shape index (κ2) is 7.17. The number of fused-ring (bicyclic) bond motifs is 2. The van der Waals surface area contributed by atoms with E-state index in [1.807, 2.05) is 0 Å². The minimum Gasteiger partial charge on any atom is -0.298 e. The first-order valence-corrected chi connectivity index (χ1v) is 11.2. The summed E-state index contributed by atoms with van der Waals surface area (Å²) in [5.41, 5.74) is 5.98. The van der Waals surface area contributed by atoms with Crippen LogP contribution >= 0.6 is 7.92 Å². The molecule has 138 valence electrons. The molecule has 0 heterocycles. The first-order chi connectivity index (χ1) is 13.8. The molecule has 3 aromatic carbocycles. The van der Waals surface area contributed by atoms with E-state index in [4.69, 9.17) is 0 Å². The molecule has 5 rings (SSSR count). The summed E-state index contributed by atoms with van der Waals surface area (Å²) in [6, 6.07) is 29.4. The van der Waals surface area contributed by atoms with Crippen molar-refractivity contribution in [2.24, 2.45) is 0 Å². The Balaban J connectivity index is 1.75. The zero-order chi connectivity index (χ0) is 19.1. The molecule has 2 aliphatic rings. The van der Waals surface area contributed by atoms with Crippen molar-refractivity contribution >= 4 is 29.4 Å². The van der Waals surface area contributed by atoms with Gasteiger partial charge < -0.3 is 0 Å². The molecule has 1 nitrogen and oxygen atoms in total. The van der Waals surface area contributed by atoms with Gasteiger partial charge in [0.15, 0.2) is 0 Å². The topological polar surface area (TPSA) is 3.24 Å². The van der Waals surface area contributed by atoms with E-state index in [0.29, 0.717) is 6.04 Å². The summed E-state index contributed by atoms with van der Waals surface area (Å²) >= 11 is 0. The standard InChI is InChI=1S/C26H24NP/c1-27(2)26-23-17-9-15-21(23)22-16-10-18-24(25(22)26)28(19-11-5-3-6-12-19)20-13-7-4-8-14-20/h3-14,16-18,26H,15H2,1-2H3/t26-/m1/s1. The Bertz CT molecular complexity index is 1020. The molecule has 0 radical (unpaired) electrons. The van der Waals surface area contributed by atoms with Crippen LogP contribution in [-0.2, 0) is 0 Å². The predicted molar refractivity (Wildman–Crippen MR) is 122 cm³/mol. The van der Waals surface area contributed by atoms with Crippen molar-refractivity contribution < 1.29 is 0 Å². The minimum atomic E-state index is -0.597. The number of benzene rings is 3. The molecule has 0 fully saturated rings. The fourth-order valence-corrected chi connectivity index (χ4v) is 7.13. The van der Waals surface area contributed by atoms with Crippen LogP contribution in [0.15, 0.2) is 96.6 Å². The molecule has 0 bridgehead atoms. The predicted octanol–water partition coefficient (Wildman–Crippen LogP) is 4.77. The van der Waals surface area contributed by atoms with Gasteiger partial charge in [-0.25, -0.2) is 0 Å². The van der Waals surface area contributed by atoms with Crippen molar-refractivity contribution in [3.8, 4) is 0 Å². The molecule has 0 aliphatic heterocycles. The molecule has 0 spiro atoms. The second-order valence-electron chi connectivity index (χ2n) is 7.65. The van der Waals surface area contributed by atoms with Crippen molar-refractivity contribution in [2.45, 2.75) is 12.5 Å². The van der Waals surface area contributed by atoms with E-state index >= 15 is 0 Å². The normalized spacial score (nSPS) is 17.5. The van der Waals surface area contributed by atoms with Crippen LogP contribution in [0, 0.1) is 0 Å². The van der Waals surface area contributed by atoms with Gasteiger partial charge in [0.25, 0.3) is 0 Å². The number of allylic oxidation sites excluding steroid dienone is 2. The molecule has 0 unspecified atom stereocenters. The molecular formula is C26H24NP. The molecule has 2 aliphatic carbocycles. The SMILES string of the molecule is CN(C)[C@@H]1C2=C(CC=C2)c2cccc(P(c3ccccc3)c3ccccc3)c21. The summed E-state index contributed by atoms with van der Waals surface area (Å²) in [5, 5.41) is 4.32. The number of likely N-dealkylation sites (N-methyl/N-ethyl adjacent to an activating group) is 1. The van der Waals surface area contributed by atoms with Crippen molar-refractivity contribution in [3.05, 3.63) is 108 Å². The molecule has 2 heteroatoms. The van der Waals surface area contributed by atoms with Crippen molar-refractivity contribution in [2.75, 3.05) is 14.1 Å². The second-order valence-corrected chi connectivity index (χ2v) is 9.84. The van der Waals surface area contributed by atoms with Crippen LogP contribution in [0.1, 0.15) is 23.6 Å². The molecule has 0 amide bonds. The zero-order valence-electron chi connectivity index (χ0n) is 16.3. The number of rotatable bonds is 4. The van der Waals surface area contributed by atoms with Gasteiger partial charge in [-0.2, -0.15) is 0 Å². The van der Waals surface area contributed by atoms with E-state index in [-0.39, 0.29) is 0 Å². The largest absolute Gasteiger partial charge is 0.298 e. The number of nitrogens with zero attached hydrogens (tertiary/aromatic N) is 1. The summed E-state index contributed by atoms with van der Waals surface area (Å²) in [6.45, 7) is 0. The van der Waals surface area contributed by atoms with Crippen LogP contribution in [-0.4, -0.2) is 19.0 Å². The summed E-state index contributed by atoms with van der Waals surface area (Å²) in [5.74, 6) is 0. The minimum absolute atomic E-state index is 0.345. The van der Waals surface area contributed by atoms with Gasteiger partial charge >= 0.3 is 0 Å². The molecule has 0 aromatic heterocycles. The average Bonchev–Trinajstić information content (AvgIpc) is 3.31. The molecule has 0 saturated heterocycles. The van der Waals surface area contributed by atoms with E-state index < -0.39 is 7.92 Å². The third-order valence-electron chi connectivity index (χ3n) is 5.73. The Morgan fingerprint density at radius 2 is 1.43 bits per heavy atom. The van der Waals surface area contributed by atoms with Crippen LogP contribution in [0.3, 0.4) is 0 Å². The van der Waals surface area contributed by atoms with Gasteiger partial charge in [-0.15, -0.1) is 0 Å². The molecule has 28 heavy (non-hydrogen) atoms. The maximum Gasteiger partial charge on any atom is 0.0612 e. The molecule has 3 aromatic rings. The third kappa shape index (κ3) is 2.78. The fourth-order valence-electron chi connectivity index (χ4n) is 4.62. The Labute approximate surface area is 168 Å². The van der Waals surface area contributed by atoms with Gasteiger partial charge in [-0.05, 0) is 66.6 Å². The van der Waals surface area contributed by atoms with E-state index in [1.54, 1.807) is 0 Å².